The maximum atomic E-state index is 14.7. The van der Waals surface area contributed by atoms with Gasteiger partial charge in [0.1, 0.15) is 17.5 Å². The van der Waals surface area contributed by atoms with Crippen molar-refractivity contribution in [3.05, 3.63) is 12.7 Å². The summed E-state index contributed by atoms with van der Waals surface area (Å²) < 4.78 is 16.8. The van der Waals surface area contributed by atoms with Gasteiger partial charge in [-0.15, -0.1) is 0 Å². The molecule has 6 heteroatoms. The van der Waals surface area contributed by atoms with Gasteiger partial charge in [-0.1, -0.05) is 19.3 Å². The second-order valence-corrected chi connectivity index (χ2v) is 6.34. The SMILES string of the molecule is FC1(CNc2ncnc3c2ncn3C2CC2)CCCCC1. The van der Waals surface area contributed by atoms with Crippen molar-refractivity contribution in [3.63, 3.8) is 0 Å². The van der Waals surface area contributed by atoms with E-state index in [0.717, 1.165) is 30.4 Å². The lowest BCUT2D eigenvalue weighted by Gasteiger charge is -2.29. The van der Waals surface area contributed by atoms with E-state index in [1.54, 1.807) is 0 Å². The Balaban J connectivity index is 1.56. The highest BCUT2D eigenvalue weighted by Gasteiger charge is 2.32. The molecule has 21 heavy (non-hydrogen) atoms. The number of imidazole rings is 1. The number of halogens is 1. The summed E-state index contributed by atoms with van der Waals surface area (Å²) in [4.78, 5) is 13.0. The van der Waals surface area contributed by atoms with Crippen LogP contribution in [0.1, 0.15) is 51.0 Å². The van der Waals surface area contributed by atoms with Crippen molar-refractivity contribution in [1.82, 2.24) is 19.5 Å². The molecule has 0 bridgehead atoms. The van der Waals surface area contributed by atoms with E-state index in [2.05, 4.69) is 24.8 Å². The van der Waals surface area contributed by atoms with Crippen LogP contribution in [0.5, 0.6) is 0 Å². The molecule has 2 aromatic heterocycles. The van der Waals surface area contributed by atoms with Gasteiger partial charge in [-0.25, -0.2) is 19.3 Å². The molecule has 0 spiro atoms. The normalized spacial score (nSPS) is 21.6. The minimum atomic E-state index is -1.10. The van der Waals surface area contributed by atoms with Crippen molar-refractivity contribution in [1.29, 1.82) is 0 Å². The molecule has 112 valence electrons. The second kappa shape index (κ2) is 4.93. The fourth-order valence-corrected chi connectivity index (χ4v) is 3.21. The molecule has 1 N–H and O–H groups in total. The third kappa shape index (κ3) is 2.47. The van der Waals surface area contributed by atoms with Gasteiger partial charge in [0, 0.05) is 6.04 Å². The van der Waals surface area contributed by atoms with Gasteiger partial charge in [-0.2, -0.15) is 0 Å². The highest BCUT2D eigenvalue weighted by molar-refractivity contribution is 5.82. The Bertz CT molecular complexity index is 643. The van der Waals surface area contributed by atoms with Crippen LogP contribution in [0.2, 0.25) is 0 Å². The van der Waals surface area contributed by atoms with E-state index in [1.807, 2.05) is 6.33 Å². The van der Waals surface area contributed by atoms with E-state index >= 15 is 0 Å². The number of hydrogen-bond acceptors (Lipinski definition) is 4. The zero-order chi connectivity index (χ0) is 14.3. The highest BCUT2D eigenvalue weighted by Crippen LogP contribution is 2.37. The van der Waals surface area contributed by atoms with Gasteiger partial charge in [0.25, 0.3) is 0 Å². The first-order valence-corrected chi connectivity index (χ1v) is 7.86. The van der Waals surface area contributed by atoms with Gasteiger partial charge < -0.3 is 9.88 Å². The Labute approximate surface area is 123 Å². The standard InChI is InChI=1S/C15H20FN5/c16-15(6-2-1-3-7-15)8-17-13-12-14(19-9-18-13)21(10-20-12)11-4-5-11/h9-11H,1-8H2,(H,17,18,19). The molecule has 5 nitrogen and oxygen atoms in total. The van der Waals surface area contributed by atoms with Crippen LogP contribution in [0.3, 0.4) is 0 Å². The fraction of sp³-hybridized carbons (Fsp3) is 0.667. The predicted octanol–water partition coefficient (Wildman–Crippen LogP) is 3.25. The molecule has 2 aliphatic carbocycles. The molecule has 0 atom stereocenters. The molecule has 0 radical (unpaired) electrons. The van der Waals surface area contributed by atoms with Gasteiger partial charge in [-0.05, 0) is 25.7 Å². The van der Waals surface area contributed by atoms with E-state index < -0.39 is 5.67 Å². The highest BCUT2D eigenvalue weighted by atomic mass is 19.1. The summed E-state index contributed by atoms with van der Waals surface area (Å²) in [6, 6.07) is 0.531. The maximum absolute atomic E-state index is 14.7. The molecule has 0 amide bonds. The van der Waals surface area contributed by atoms with Crippen molar-refractivity contribution in [2.45, 2.75) is 56.7 Å². The molecule has 2 heterocycles. The fourth-order valence-electron chi connectivity index (χ4n) is 3.21. The summed E-state index contributed by atoms with van der Waals surface area (Å²) in [6.07, 6.45) is 10.1. The molecule has 0 unspecified atom stereocenters. The number of nitrogens with one attached hydrogen (secondary N) is 1. The second-order valence-electron chi connectivity index (χ2n) is 6.34. The van der Waals surface area contributed by atoms with Crippen LogP contribution >= 0.6 is 0 Å². The third-order valence-electron chi connectivity index (χ3n) is 4.62. The molecule has 4 rings (SSSR count). The van der Waals surface area contributed by atoms with Crippen LogP contribution in [-0.2, 0) is 0 Å². The Kier molecular flexibility index (Phi) is 3.05. The van der Waals surface area contributed by atoms with Crippen LogP contribution in [0, 0.1) is 0 Å². The zero-order valence-corrected chi connectivity index (χ0v) is 12.1. The first-order chi connectivity index (χ1) is 10.3. The van der Waals surface area contributed by atoms with Crippen molar-refractivity contribution >= 4 is 17.0 Å². The molecular formula is C15H20FN5. The van der Waals surface area contributed by atoms with E-state index in [-0.39, 0.29) is 0 Å². The van der Waals surface area contributed by atoms with Crippen molar-refractivity contribution in [3.8, 4) is 0 Å². The minimum Gasteiger partial charge on any atom is -0.365 e. The average Bonchev–Trinajstić information content (AvgIpc) is 3.25. The first kappa shape index (κ1) is 13.0. The number of alkyl halides is 1. The largest absolute Gasteiger partial charge is 0.365 e. The van der Waals surface area contributed by atoms with Crippen LogP contribution in [-0.4, -0.2) is 31.7 Å². The van der Waals surface area contributed by atoms with Crippen LogP contribution in [0.4, 0.5) is 10.2 Å². The van der Waals surface area contributed by atoms with E-state index in [1.165, 1.54) is 19.2 Å². The Morgan fingerprint density at radius 3 is 2.76 bits per heavy atom. The van der Waals surface area contributed by atoms with E-state index in [0.29, 0.717) is 31.2 Å². The first-order valence-electron chi connectivity index (χ1n) is 7.86. The number of aromatic nitrogens is 4. The minimum absolute atomic E-state index is 0.315. The summed E-state index contributed by atoms with van der Waals surface area (Å²) in [7, 11) is 0. The number of nitrogens with zero attached hydrogens (tertiary/aromatic N) is 4. The lowest BCUT2D eigenvalue weighted by Crippen LogP contribution is -2.34. The number of fused-ring (bicyclic) bond motifs is 1. The van der Waals surface area contributed by atoms with Crippen molar-refractivity contribution in [2.24, 2.45) is 0 Å². The maximum Gasteiger partial charge on any atom is 0.165 e. The lowest BCUT2D eigenvalue weighted by atomic mass is 9.86. The van der Waals surface area contributed by atoms with E-state index in [9.17, 15) is 4.39 Å². The molecule has 0 saturated heterocycles. The number of hydrogen-bond donors (Lipinski definition) is 1. The number of rotatable bonds is 4. The Morgan fingerprint density at radius 2 is 2.00 bits per heavy atom. The van der Waals surface area contributed by atoms with Gasteiger partial charge in [0.15, 0.2) is 11.5 Å². The monoisotopic (exact) mass is 289 g/mol. The van der Waals surface area contributed by atoms with Gasteiger partial charge in [0.2, 0.25) is 0 Å². The van der Waals surface area contributed by atoms with Gasteiger partial charge in [-0.3, -0.25) is 0 Å². The van der Waals surface area contributed by atoms with E-state index in [4.69, 9.17) is 0 Å². The summed E-state index contributed by atoms with van der Waals surface area (Å²) in [5.41, 5.74) is 0.504. The number of anilines is 1. The summed E-state index contributed by atoms with van der Waals surface area (Å²) in [5, 5.41) is 3.17. The molecular weight excluding hydrogens is 269 g/mol. The van der Waals surface area contributed by atoms with Gasteiger partial charge in [0.05, 0.1) is 12.9 Å². The molecule has 2 fully saturated rings. The van der Waals surface area contributed by atoms with Crippen molar-refractivity contribution in [2.75, 3.05) is 11.9 Å². The molecule has 2 aromatic rings. The quantitative estimate of drug-likeness (QED) is 0.938. The summed E-state index contributed by atoms with van der Waals surface area (Å²) >= 11 is 0. The molecule has 0 aliphatic heterocycles. The third-order valence-corrected chi connectivity index (χ3v) is 4.62. The van der Waals surface area contributed by atoms with Crippen molar-refractivity contribution < 1.29 is 4.39 Å². The Hall–Kier alpha value is -1.72. The lowest BCUT2D eigenvalue weighted by molar-refractivity contribution is 0.122. The average molecular weight is 289 g/mol. The molecule has 2 aliphatic rings. The Morgan fingerprint density at radius 1 is 1.19 bits per heavy atom. The zero-order valence-electron chi connectivity index (χ0n) is 12.1. The molecule has 0 aromatic carbocycles. The molecule has 2 saturated carbocycles. The topological polar surface area (TPSA) is 55.6 Å². The van der Waals surface area contributed by atoms with Crippen LogP contribution in [0.25, 0.3) is 11.2 Å². The van der Waals surface area contributed by atoms with Crippen LogP contribution < -0.4 is 5.32 Å². The smallest absolute Gasteiger partial charge is 0.165 e. The summed E-state index contributed by atoms with van der Waals surface area (Å²) in [5.74, 6) is 0.655. The van der Waals surface area contributed by atoms with Gasteiger partial charge >= 0.3 is 0 Å². The van der Waals surface area contributed by atoms with Crippen LogP contribution in [0.15, 0.2) is 12.7 Å². The summed E-state index contributed by atoms with van der Waals surface area (Å²) in [6.45, 7) is 0.315. The predicted molar refractivity (Wildman–Crippen MR) is 79.0 cm³/mol.